The molecular weight excluding hydrogens is 312 g/mol. The first kappa shape index (κ1) is 17.6. The van der Waals surface area contributed by atoms with Crippen molar-refractivity contribution in [1.29, 1.82) is 0 Å². The second kappa shape index (κ2) is 7.67. The number of rotatable bonds is 5. The van der Waals surface area contributed by atoms with Gasteiger partial charge in [-0.05, 0) is 31.9 Å². The van der Waals surface area contributed by atoms with Crippen LogP contribution in [0.15, 0.2) is 30.3 Å². The number of hydrogen-bond donors (Lipinski definition) is 3. The van der Waals surface area contributed by atoms with Gasteiger partial charge < -0.3 is 15.3 Å². The van der Waals surface area contributed by atoms with E-state index >= 15 is 0 Å². The van der Waals surface area contributed by atoms with Gasteiger partial charge in [0.05, 0.1) is 5.69 Å². The van der Waals surface area contributed by atoms with Crippen LogP contribution in [0.25, 0.3) is 0 Å². The van der Waals surface area contributed by atoms with Crippen molar-refractivity contribution < 1.29 is 19.5 Å². The highest BCUT2D eigenvalue weighted by Crippen LogP contribution is 2.18. The Kier molecular flexibility index (Phi) is 5.62. The minimum Gasteiger partial charge on any atom is -0.480 e. The molecule has 130 valence electrons. The Labute approximate surface area is 140 Å². The zero-order chi connectivity index (χ0) is 17.7. The van der Waals surface area contributed by atoms with Gasteiger partial charge in [-0.2, -0.15) is 0 Å². The molecule has 1 aromatic rings. The van der Waals surface area contributed by atoms with Gasteiger partial charge >= 0.3 is 12.0 Å². The molecule has 1 saturated heterocycles. The van der Waals surface area contributed by atoms with Crippen LogP contribution >= 0.6 is 0 Å². The fraction of sp³-hybridized carbons (Fsp3) is 0.438. The van der Waals surface area contributed by atoms with Gasteiger partial charge in [-0.25, -0.2) is 4.79 Å². The summed E-state index contributed by atoms with van der Waals surface area (Å²) in [5, 5.41) is 12.9. The van der Waals surface area contributed by atoms with E-state index in [9.17, 15) is 14.4 Å². The number of aliphatic carboxylic acids is 1. The molecule has 2 atom stereocenters. The molecule has 1 aromatic carbocycles. The summed E-state index contributed by atoms with van der Waals surface area (Å²) >= 11 is 0. The van der Waals surface area contributed by atoms with Crippen molar-refractivity contribution in [3.63, 3.8) is 0 Å². The van der Waals surface area contributed by atoms with Crippen molar-refractivity contribution in [3.8, 4) is 0 Å². The molecule has 0 aromatic heterocycles. The van der Waals surface area contributed by atoms with Crippen LogP contribution in [0.4, 0.5) is 10.5 Å². The lowest BCUT2D eigenvalue weighted by Crippen LogP contribution is -2.54. The smallest absolute Gasteiger partial charge is 0.325 e. The zero-order valence-corrected chi connectivity index (χ0v) is 13.7. The Bertz CT molecular complexity index is 607. The van der Waals surface area contributed by atoms with Crippen LogP contribution in [0, 0.1) is 0 Å². The summed E-state index contributed by atoms with van der Waals surface area (Å²) in [5.74, 6) is -1.41. The number of hydrogen-bond acceptors (Lipinski definition) is 4. The van der Waals surface area contributed by atoms with Crippen LogP contribution in [0.2, 0.25) is 0 Å². The highest BCUT2D eigenvalue weighted by atomic mass is 16.4. The first-order chi connectivity index (χ1) is 11.4. The van der Waals surface area contributed by atoms with Crippen molar-refractivity contribution in [3.05, 3.63) is 30.3 Å². The molecule has 1 heterocycles. The van der Waals surface area contributed by atoms with E-state index in [2.05, 4.69) is 10.7 Å². The Balaban J connectivity index is 1.97. The van der Waals surface area contributed by atoms with E-state index in [1.165, 1.54) is 11.8 Å². The molecule has 2 unspecified atom stereocenters. The Morgan fingerprint density at radius 2 is 1.96 bits per heavy atom. The van der Waals surface area contributed by atoms with Crippen LogP contribution < -0.4 is 15.8 Å². The lowest BCUT2D eigenvalue weighted by molar-refractivity contribution is -0.138. The Hall–Kier alpha value is -2.77. The molecule has 0 saturated carbocycles. The molecule has 1 aliphatic rings. The summed E-state index contributed by atoms with van der Waals surface area (Å²) in [6, 6.07) is 7.16. The lowest BCUT2D eigenvalue weighted by Gasteiger charge is -2.28. The molecular formula is C16H22N4O4. The van der Waals surface area contributed by atoms with Crippen LogP contribution in [-0.2, 0) is 9.59 Å². The molecule has 0 bridgehead atoms. The van der Waals surface area contributed by atoms with E-state index in [-0.39, 0.29) is 5.91 Å². The standard InChI is InChI=1S/C16H22N4O4/c1-11(15(22)23)17-16(24)20-10-6-9-13(20)14(21)18-19(2)12-7-4-3-5-8-12/h3-5,7-8,11,13H,6,9-10H2,1-2H3,(H,17,24)(H,18,21)(H,22,23). The fourth-order valence-corrected chi connectivity index (χ4v) is 2.57. The highest BCUT2D eigenvalue weighted by molar-refractivity contribution is 5.89. The number of benzene rings is 1. The summed E-state index contributed by atoms with van der Waals surface area (Å²) in [6.45, 7) is 1.81. The largest absolute Gasteiger partial charge is 0.480 e. The van der Waals surface area contributed by atoms with Crippen molar-refractivity contribution in [2.45, 2.75) is 31.8 Å². The molecule has 2 rings (SSSR count). The number of likely N-dealkylation sites (tertiary alicyclic amines) is 1. The molecule has 1 aliphatic heterocycles. The summed E-state index contributed by atoms with van der Waals surface area (Å²) in [4.78, 5) is 36.9. The number of urea groups is 1. The van der Waals surface area contributed by atoms with Gasteiger partial charge in [0.1, 0.15) is 12.1 Å². The number of amides is 3. The monoisotopic (exact) mass is 334 g/mol. The Morgan fingerprint density at radius 3 is 2.58 bits per heavy atom. The minimum atomic E-state index is -1.12. The van der Waals surface area contributed by atoms with E-state index in [0.29, 0.717) is 19.4 Å². The molecule has 1 fully saturated rings. The molecule has 0 spiro atoms. The summed E-state index contributed by atoms with van der Waals surface area (Å²) < 4.78 is 0. The van der Waals surface area contributed by atoms with E-state index in [4.69, 9.17) is 5.11 Å². The number of nitrogens with zero attached hydrogens (tertiary/aromatic N) is 2. The molecule has 24 heavy (non-hydrogen) atoms. The van der Waals surface area contributed by atoms with Gasteiger partial charge in [0.15, 0.2) is 0 Å². The third kappa shape index (κ3) is 4.15. The third-order valence-corrected chi connectivity index (χ3v) is 3.95. The van der Waals surface area contributed by atoms with Crippen LogP contribution in [0.5, 0.6) is 0 Å². The number of carboxylic acids is 1. The van der Waals surface area contributed by atoms with Gasteiger partial charge in [0.25, 0.3) is 5.91 Å². The molecule has 0 radical (unpaired) electrons. The first-order valence-corrected chi connectivity index (χ1v) is 7.79. The van der Waals surface area contributed by atoms with Crippen molar-refractivity contribution in [2.24, 2.45) is 0 Å². The van der Waals surface area contributed by atoms with Gasteiger partial charge in [0, 0.05) is 13.6 Å². The zero-order valence-electron chi connectivity index (χ0n) is 13.7. The number of nitrogens with one attached hydrogen (secondary N) is 2. The second-order valence-electron chi connectivity index (χ2n) is 5.73. The lowest BCUT2D eigenvalue weighted by atomic mass is 10.2. The van der Waals surface area contributed by atoms with Gasteiger partial charge in [-0.1, -0.05) is 18.2 Å². The maximum Gasteiger partial charge on any atom is 0.325 e. The number of hydrazine groups is 1. The minimum absolute atomic E-state index is 0.294. The van der Waals surface area contributed by atoms with E-state index < -0.39 is 24.1 Å². The molecule has 0 aliphatic carbocycles. The van der Waals surface area contributed by atoms with Gasteiger partial charge in [0.2, 0.25) is 0 Å². The summed E-state index contributed by atoms with van der Waals surface area (Å²) in [7, 11) is 1.72. The maximum absolute atomic E-state index is 12.5. The normalized spacial score (nSPS) is 17.9. The average molecular weight is 334 g/mol. The molecule has 3 N–H and O–H groups in total. The number of carbonyl (C=O) groups excluding carboxylic acids is 2. The number of carboxylic acid groups (broad SMARTS) is 1. The van der Waals surface area contributed by atoms with Crippen molar-refractivity contribution in [2.75, 3.05) is 18.6 Å². The number of anilines is 1. The van der Waals surface area contributed by atoms with Crippen molar-refractivity contribution >= 4 is 23.6 Å². The quantitative estimate of drug-likeness (QED) is 0.691. The second-order valence-corrected chi connectivity index (χ2v) is 5.73. The van der Waals surface area contributed by atoms with Gasteiger partial charge in [-0.15, -0.1) is 0 Å². The topological polar surface area (TPSA) is 102 Å². The average Bonchev–Trinajstić information content (AvgIpc) is 3.05. The summed E-state index contributed by atoms with van der Waals surface area (Å²) in [5.41, 5.74) is 3.57. The van der Waals surface area contributed by atoms with Crippen LogP contribution in [0.1, 0.15) is 19.8 Å². The molecule has 8 heteroatoms. The van der Waals surface area contributed by atoms with E-state index in [1.807, 2.05) is 30.3 Å². The van der Waals surface area contributed by atoms with Crippen molar-refractivity contribution in [1.82, 2.24) is 15.6 Å². The highest BCUT2D eigenvalue weighted by Gasteiger charge is 2.35. The molecule has 8 nitrogen and oxygen atoms in total. The predicted octanol–water partition coefficient (Wildman–Crippen LogP) is 0.801. The SMILES string of the molecule is CC(NC(=O)N1CCCC1C(=O)NN(C)c1ccccc1)C(=O)O. The summed E-state index contributed by atoms with van der Waals surface area (Å²) in [6.07, 6.45) is 1.24. The Morgan fingerprint density at radius 1 is 1.29 bits per heavy atom. The van der Waals surface area contributed by atoms with Crippen LogP contribution in [0.3, 0.4) is 0 Å². The maximum atomic E-state index is 12.5. The van der Waals surface area contributed by atoms with Gasteiger partial charge in [-0.3, -0.25) is 20.0 Å². The number of carbonyl (C=O) groups is 3. The fourth-order valence-electron chi connectivity index (χ4n) is 2.57. The molecule has 3 amide bonds. The first-order valence-electron chi connectivity index (χ1n) is 7.79. The van der Waals surface area contributed by atoms with E-state index in [0.717, 1.165) is 5.69 Å². The third-order valence-electron chi connectivity index (χ3n) is 3.95. The predicted molar refractivity (Wildman–Crippen MR) is 88.3 cm³/mol. The van der Waals surface area contributed by atoms with Crippen LogP contribution in [-0.4, -0.2) is 53.6 Å². The van der Waals surface area contributed by atoms with E-state index in [1.54, 1.807) is 12.1 Å². The number of para-hydroxylation sites is 1.